The number of aliphatic carboxylic acids is 1. The predicted molar refractivity (Wildman–Crippen MR) is 121 cm³/mol. The van der Waals surface area contributed by atoms with Crippen LogP contribution in [0.3, 0.4) is 0 Å². The van der Waals surface area contributed by atoms with Crippen molar-refractivity contribution in [2.75, 3.05) is 13.2 Å². The minimum absolute atomic E-state index is 0.00919. The Morgan fingerprint density at radius 1 is 0.939 bits per heavy atom. The highest BCUT2D eigenvalue weighted by Gasteiger charge is 2.26. The molecule has 8 nitrogen and oxygen atoms in total. The van der Waals surface area contributed by atoms with Gasteiger partial charge < -0.3 is 19.0 Å². The molecular formula is C24H18N2O6S. The van der Waals surface area contributed by atoms with Crippen LogP contribution in [0.25, 0.3) is 16.6 Å². The van der Waals surface area contributed by atoms with Gasteiger partial charge >= 0.3 is 5.97 Å². The van der Waals surface area contributed by atoms with Gasteiger partial charge in [0.15, 0.2) is 17.3 Å². The average molecular weight is 462 g/mol. The van der Waals surface area contributed by atoms with Crippen molar-refractivity contribution in [2.45, 2.75) is 12.8 Å². The summed E-state index contributed by atoms with van der Waals surface area (Å²) in [6.07, 6.45) is 2.23. The number of benzene rings is 2. The predicted octanol–water partition coefficient (Wildman–Crippen LogP) is 4.41. The summed E-state index contributed by atoms with van der Waals surface area (Å²) in [4.78, 5) is 26.1. The largest absolute Gasteiger partial charge is 0.490 e. The van der Waals surface area contributed by atoms with Gasteiger partial charge in [-0.3, -0.25) is 4.79 Å². The normalized spacial score (nSPS) is 13.9. The number of furan rings is 1. The van der Waals surface area contributed by atoms with Crippen molar-refractivity contribution < 1.29 is 28.6 Å². The molecule has 1 aliphatic heterocycles. The molecule has 0 fully saturated rings. The van der Waals surface area contributed by atoms with E-state index >= 15 is 0 Å². The topological polar surface area (TPSA) is 112 Å². The Kier molecular flexibility index (Phi) is 5.62. The molecule has 2 aromatic heterocycles. The molecule has 0 bridgehead atoms. The average Bonchev–Trinajstić information content (AvgIpc) is 3.44. The van der Waals surface area contributed by atoms with Gasteiger partial charge in [0.1, 0.15) is 16.8 Å². The summed E-state index contributed by atoms with van der Waals surface area (Å²) in [5.41, 5.74) is 1.88. The number of carboxylic acids is 1. The summed E-state index contributed by atoms with van der Waals surface area (Å²) < 4.78 is 25.2. The Morgan fingerprint density at radius 2 is 1.73 bits per heavy atom. The molecule has 0 radical (unpaired) electrons. The highest BCUT2D eigenvalue weighted by atomic mass is 32.1. The first kappa shape index (κ1) is 20.9. The minimum atomic E-state index is -1.22. The number of carbonyl (C=O) groups is 2. The molecule has 0 unspecified atom stereocenters. The van der Waals surface area contributed by atoms with E-state index in [0.29, 0.717) is 52.6 Å². The van der Waals surface area contributed by atoms with Crippen molar-refractivity contribution in [3.8, 4) is 11.5 Å². The van der Waals surface area contributed by atoms with Gasteiger partial charge in [-0.25, -0.2) is 4.79 Å². The van der Waals surface area contributed by atoms with Gasteiger partial charge in [-0.15, -0.1) is 0 Å². The van der Waals surface area contributed by atoms with E-state index in [1.807, 2.05) is 0 Å². The second-order valence-electron chi connectivity index (χ2n) is 7.42. The van der Waals surface area contributed by atoms with Crippen LogP contribution in [0.5, 0.6) is 11.5 Å². The van der Waals surface area contributed by atoms with E-state index < -0.39 is 11.8 Å². The molecule has 9 heteroatoms. The minimum Gasteiger partial charge on any atom is -0.490 e. The number of carbonyl (C=O) groups excluding carboxylic acids is 1. The number of ether oxygens (including phenoxy) is 2. The summed E-state index contributed by atoms with van der Waals surface area (Å²) in [6, 6.07) is 13.2. The van der Waals surface area contributed by atoms with Crippen molar-refractivity contribution in [1.82, 2.24) is 8.75 Å². The number of Topliss-reactive ketones (excluding diaryl/α,β-unsaturated/α-hetero) is 1. The van der Waals surface area contributed by atoms with Crippen LogP contribution < -0.4 is 9.47 Å². The molecule has 0 amide bonds. The van der Waals surface area contributed by atoms with Gasteiger partial charge in [0.25, 0.3) is 0 Å². The van der Waals surface area contributed by atoms with Gasteiger partial charge in [0.05, 0.1) is 36.8 Å². The van der Waals surface area contributed by atoms with E-state index in [0.717, 1.165) is 18.1 Å². The van der Waals surface area contributed by atoms with E-state index in [9.17, 15) is 14.7 Å². The lowest BCUT2D eigenvalue weighted by Crippen LogP contribution is -2.14. The Balaban J connectivity index is 1.65. The zero-order chi connectivity index (χ0) is 22.8. The highest BCUT2D eigenvalue weighted by molar-refractivity contribution is 7.00. The van der Waals surface area contributed by atoms with Crippen LogP contribution in [-0.4, -0.2) is 38.8 Å². The van der Waals surface area contributed by atoms with Crippen LogP contribution in [-0.2, 0) is 11.2 Å². The molecule has 0 spiro atoms. The van der Waals surface area contributed by atoms with Gasteiger partial charge in [0.2, 0.25) is 0 Å². The number of rotatable bonds is 6. The zero-order valence-electron chi connectivity index (χ0n) is 17.3. The summed E-state index contributed by atoms with van der Waals surface area (Å²) in [7, 11) is 0. The molecule has 5 rings (SSSR count). The number of fused-ring (bicyclic) bond motifs is 2. The quantitative estimate of drug-likeness (QED) is 0.331. The standard InChI is InChI=1S/C24H18N2O6S/c27-23(15-5-7-20-21(12-15)32-10-2-9-31-20)17(13-16-3-1-8-30-16)22(24(28)29)14-4-6-18-19(11-14)26-33-25-18/h1,3-8,11-12H,2,9-10,13H2,(H,28,29). The third-order valence-corrected chi connectivity index (χ3v) is 5.83. The number of hydrogen-bond acceptors (Lipinski definition) is 8. The summed E-state index contributed by atoms with van der Waals surface area (Å²) in [5.74, 6) is -0.163. The Bertz CT molecular complexity index is 1370. The molecule has 33 heavy (non-hydrogen) atoms. The van der Waals surface area contributed by atoms with Gasteiger partial charge in [0, 0.05) is 24.0 Å². The molecule has 1 aliphatic rings. The van der Waals surface area contributed by atoms with E-state index in [1.165, 1.54) is 6.26 Å². The SMILES string of the molecule is O=C(O)C(=C(Cc1ccco1)C(=O)c1ccc2c(c1)OCCCO2)c1ccc2nsnc2c1. The number of nitrogens with zero attached hydrogens (tertiary/aromatic N) is 2. The van der Waals surface area contributed by atoms with Gasteiger partial charge in [-0.05, 0) is 48.0 Å². The number of aromatic nitrogens is 2. The fourth-order valence-electron chi connectivity index (χ4n) is 3.71. The molecule has 0 aliphatic carbocycles. The van der Waals surface area contributed by atoms with Crippen LogP contribution in [0, 0.1) is 0 Å². The molecule has 1 N–H and O–H groups in total. The second-order valence-corrected chi connectivity index (χ2v) is 7.95. The molecule has 2 aromatic carbocycles. The summed E-state index contributed by atoms with van der Waals surface area (Å²) >= 11 is 1.04. The molecule has 0 atom stereocenters. The first-order valence-corrected chi connectivity index (χ1v) is 11.0. The lowest BCUT2D eigenvalue weighted by molar-refractivity contribution is -0.130. The molecule has 3 heterocycles. The number of hydrogen-bond donors (Lipinski definition) is 1. The van der Waals surface area contributed by atoms with E-state index in [-0.39, 0.29) is 17.6 Å². The Labute approximate surface area is 192 Å². The number of carboxylic acid groups (broad SMARTS) is 1. The van der Waals surface area contributed by atoms with E-state index in [1.54, 1.807) is 48.5 Å². The second kappa shape index (κ2) is 8.87. The van der Waals surface area contributed by atoms with Crippen LogP contribution in [0.2, 0.25) is 0 Å². The van der Waals surface area contributed by atoms with Crippen LogP contribution in [0.1, 0.15) is 28.1 Å². The monoisotopic (exact) mass is 462 g/mol. The first-order valence-electron chi connectivity index (χ1n) is 10.3. The maximum absolute atomic E-state index is 13.7. The maximum Gasteiger partial charge on any atom is 0.336 e. The van der Waals surface area contributed by atoms with Crippen molar-refractivity contribution in [3.05, 3.63) is 77.3 Å². The summed E-state index contributed by atoms with van der Waals surface area (Å²) in [6.45, 7) is 1.00. The van der Waals surface area contributed by atoms with E-state index in [4.69, 9.17) is 13.9 Å². The zero-order valence-corrected chi connectivity index (χ0v) is 18.1. The third-order valence-electron chi connectivity index (χ3n) is 5.27. The fraction of sp³-hybridized carbons (Fsp3) is 0.167. The maximum atomic E-state index is 13.7. The molecule has 0 saturated heterocycles. The lowest BCUT2D eigenvalue weighted by Gasteiger charge is -2.13. The molecule has 166 valence electrons. The van der Waals surface area contributed by atoms with Crippen LogP contribution in [0.4, 0.5) is 0 Å². The van der Waals surface area contributed by atoms with Crippen molar-refractivity contribution in [1.29, 1.82) is 0 Å². The third kappa shape index (κ3) is 4.22. The lowest BCUT2D eigenvalue weighted by atomic mass is 9.90. The summed E-state index contributed by atoms with van der Waals surface area (Å²) in [5, 5.41) is 10.2. The fourth-order valence-corrected chi connectivity index (χ4v) is 4.23. The first-order chi connectivity index (χ1) is 16.1. The van der Waals surface area contributed by atoms with E-state index in [2.05, 4.69) is 8.75 Å². The molecular weight excluding hydrogens is 444 g/mol. The van der Waals surface area contributed by atoms with Crippen molar-refractivity contribution in [2.24, 2.45) is 0 Å². The highest BCUT2D eigenvalue weighted by Crippen LogP contribution is 2.33. The Morgan fingerprint density at radius 3 is 2.52 bits per heavy atom. The van der Waals surface area contributed by atoms with Gasteiger partial charge in [-0.1, -0.05) is 6.07 Å². The number of allylic oxidation sites excluding steroid dienone is 1. The van der Waals surface area contributed by atoms with Crippen molar-refractivity contribution in [3.63, 3.8) is 0 Å². The Hall–Kier alpha value is -3.98. The molecule has 0 saturated carbocycles. The smallest absolute Gasteiger partial charge is 0.336 e. The van der Waals surface area contributed by atoms with Crippen LogP contribution >= 0.6 is 11.7 Å². The van der Waals surface area contributed by atoms with Crippen LogP contribution in [0.15, 0.2) is 64.8 Å². The van der Waals surface area contributed by atoms with Crippen molar-refractivity contribution >= 4 is 40.1 Å². The molecule has 4 aromatic rings. The van der Waals surface area contributed by atoms with Gasteiger partial charge in [-0.2, -0.15) is 8.75 Å². The number of ketones is 1.